The second-order valence-electron chi connectivity index (χ2n) is 2.64. The molecule has 0 radical (unpaired) electrons. The maximum absolute atomic E-state index is 4.30. The zero-order valence-corrected chi connectivity index (χ0v) is 6.57. The van der Waals surface area contributed by atoms with Crippen molar-refractivity contribution in [2.75, 3.05) is 0 Å². The van der Waals surface area contributed by atoms with Gasteiger partial charge in [0.1, 0.15) is 0 Å². The number of hydrogen-bond acceptors (Lipinski definition) is 2. The molecule has 11 heavy (non-hydrogen) atoms. The van der Waals surface area contributed by atoms with E-state index in [0.717, 1.165) is 17.0 Å². The molecule has 2 heterocycles. The van der Waals surface area contributed by atoms with Crippen molar-refractivity contribution in [3.63, 3.8) is 0 Å². The molecule has 0 fully saturated rings. The summed E-state index contributed by atoms with van der Waals surface area (Å²) < 4.78 is 1.83. The van der Waals surface area contributed by atoms with Gasteiger partial charge in [-0.15, -0.1) is 0 Å². The van der Waals surface area contributed by atoms with Gasteiger partial charge in [0.15, 0.2) is 5.65 Å². The molecule has 0 N–H and O–H groups in total. The highest BCUT2D eigenvalue weighted by Gasteiger charge is 1.97. The molecule has 2 aromatic rings. The molecule has 2 rings (SSSR count). The van der Waals surface area contributed by atoms with Crippen LogP contribution in [0.3, 0.4) is 0 Å². The largest absolute Gasteiger partial charge is 0.234 e. The first-order valence-corrected chi connectivity index (χ1v) is 3.55. The molecule has 0 unspecified atom stereocenters. The van der Waals surface area contributed by atoms with Crippen LogP contribution in [-0.4, -0.2) is 14.6 Å². The minimum Gasteiger partial charge on any atom is -0.234 e. The van der Waals surface area contributed by atoms with Crippen LogP contribution in [0.15, 0.2) is 18.3 Å². The summed E-state index contributed by atoms with van der Waals surface area (Å²) in [6.07, 6.45) is 1.76. The summed E-state index contributed by atoms with van der Waals surface area (Å²) in [5.41, 5.74) is 3.08. The summed E-state index contributed by atoms with van der Waals surface area (Å²) in [7, 11) is 0. The Hall–Kier alpha value is -1.38. The topological polar surface area (TPSA) is 30.2 Å². The Balaban J connectivity index is 2.91. The van der Waals surface area contributed by atoms with E-state index in [4.69, 9.17) is 0 Å². The highest BCUT2D eigenvalue weighted by Crippen LogP contribution is 2.04. The Morgan fingerprint density at radius 1 is 1.36 bits per heavy atom. The molecular formula is C8H9N3. The Kier molecular flexibility index (Phi) is 1.18. The lowest BCUT2D eigenvalue weighted by Crippen LogP contribution is -1.96. The number of hydrogen-bond donors (Lipinski definition) is 0. The fraction of sp³-hybridized carbons (Fsp3) is 0.250. The molecule has 56 valence electrons. The smallest absolute Gasteiger partial charge is 0.155 e. The highest BCUT2D eigenvalue weighted by atomic mass is 15.2. The van der Waals surface area contributed by atoms with Crippen LogP contribution in [-0.2, 0) is 0 Å². The fourth-order valence-corrected chi connectivity index (χ4v) is 1.23. The third-order valence-corrected chi connectivity index (χ3v) is 1.67. The van der Waals surface area contributed by atoms with Crippen molar-refractivity contribution < 1.29 is 0 Å². The number of aryl methyl sites for hydroxylation is 2. The number of aromatic nitrogens is 3. The Morgan fingerprint density at radius 3 is 3.00 bits per heavy atom. The first-order chi connectivity index (χ1) is 5.27. The van der Waals surface area contributed by atoms with E-state index in [2.05, 4.69) is 10.1 Å². The quantitative estimate of drug-likeness (QED) is 0.563. The van der Waals surface area contributed by atoms with Crippen molar-refractivity contribution in [1.29, 1.82) is 0 Å². The van der Waals surface area contributed by atoms with E-state index in [0.29, 0.717) is 0 Å². The predicted molar refractivity (Wildman–Crippen MR) is 42.5 cm³/mol. The van der Waals surface area contributed by atoms with Crippen LogP contribution in [0.2, 0.25) is 0 Å². The first kappa shape index (κ1) is 6.34. The van der Waals surface area contributed by atoms with Crippen LogP contribution in [0.1, 0.15) is 11.4 Å². The summed E-state index contributed by atoms with van der Waals surface area (Å²) >= 11 is 0. The van der Waals surface area contributed by atoms with Gasteiger partial charge in [0.2, 0.25) is 0 Å². The fourth-order valence-electron chi connectivity index (χ4n) is 1.23. The SMILES string of the molecule is Cc1cc(C)n2nccc2n1. The third kappa shape index (κ3) is 0.888. The van der Waals surface area contributed by atoms with E-state index in [9.17, 15) is 0 Å². The van der Waals surface area contributed by atoms with Gasteiger partial charge < -0.3 is 0 Å². The monoisotopic (exact) mass is 147 g/mol. The molecule has 0 bridgehead atoms. The van der Waals surface area contributed by atoms with E-state index < -0.39 is 0 Å². The van der Waals surface area contributed by atoms with Gasteiger partial charge in [-0.25, -0.2) is 9.50 Å². The molecule has 3 nitrogen and oxygen atoms in total. The molecular weight excluding hydrogens is 138 g/mol. The molecule has 0 aromatic carbocycles. The van der Waals surface area contributed by atoms with E-state index in [-0.39, 0.29) is 0 Å². The summed E-state index contributed by atoms with van der Waals surface area (Å²) in [5, 5.41) is 4.11. The van der Waals surface area contributed by atoms with Gasteiger partial charge in [-0.3, -0.25) is 0 Å². The second kappa shape index (κ2) is 2.05. The van der Waals surface area contributed by atoms with Gasteiger partial charge in [0.25, 0.3) is 0 Å². The van der Waals surface area contributed by atoms with Crippen molar-refractivity contribution in [3.8, 4) is 0 Å². The number of fused-ring (bicyclic) bond motifs is 1. The van der Waals surface area contributed by atoms with Crippen LogP contribution >= 0.6 is 0 Å². The molecule has 0 amide bonds. The van der Waals surface area contributed by atoms with Gasteiger partial charge in [-0.05, 0) is 19.9 Å². The lowest BCUT2D eigenvalue weighted by atomic mass is 10.3. The number of nitrogens with zero attached hydrogens (tertiary/aromatic N) is 3. The Morgan fingerprint density at radius 2 is 2.18 bits per heavy atom. The minimum atomic E-state index is 0.919. The van der Waals surface area contributed by atoms with Crippen molar-refractivity contribution >= 4 is 5.65 Å². The highest BCUT2D eigenvalue weighted by molar-refractivity contribution is 5.38. The molecule has 2 aromatic heterocycles. The van der Waals surface area contributed by atoms with Crippen molar-refractivity contribution in [3.05, 3.63) is 29.7 Å². The second-order valence-corrected chi connectivity index (χ2v) is 2.64. The van der Waals surface area contributed by atoms with Gasteiger partial charge in [0, 0.05) is 17.5 Å². The molecule has 0 aliphatic carbocycles. The average Bonchev–Trinajstić information content (AvgIpc) is 2.34. The molecule has 0 atom stereocenters. The zero-order chi connectivity index (χ0) is 7.84. The lowest BCUT2D eigenvalue weighted by Gasteiger charge is -1.98. The summed E-state index contributed by atoms with van der Waals surface area (Å²) in [4.78, 5) is 4.30. The van der Waals surface area contributed by atoms with Crippen molar-refractivity contribution in [2.45, 2.75) is 13.8 Å². The van der Waals surface area contributed by atoms with E-state index in [1.807, 2.05) is 30.5 Å². The van der Waals surface area contributed by atoms with Crippen molar-refractivity contribution in [1.82, 2.24) is 14.6 Å². The van der Waals surface area contributed by atoms with E-state index in [1.54, 1.807) is 6.20 Å². The van der Waals surface area contributed by atoms with Crippen LogP contribution < -0.4 is 0 Å². The van der Waals surface area contributed by atoms with Gasteiger partial charge in [0.05, 0.1) is 6.20 Å². The molecule has 0 aliphatic rings. The zero-order valence-electron chi connectivity index (χ0n) is 6.57. The maximum atomic E-state index is 4.30. The maximum Gasteiger partial charge on any atom is 0.155 e. The molecule has 0 spiro atoms. The predicted octanol–water partition coefficient (Wildman–Crippen LogP) is 1.35. The van der Waals surface area contributed by atoms with E-state index in [1.165, 1.54) is 0 Å². The van der Waals surface area contributed by atoms with Crippen molar-refractivity contribution in [2.24, 2.45) is 0 Å². The van der Waals surface area contributed by atoms with Crippen LogP contribution in [0, 0.1) is 13.8 Å². The third-order valence-electron chi connectivity index (χ3n) is 1.67. The summed E-state index contributed by atoms with van der Waals surface area (Å²) in [5.74, 6) is 0. The van der Waals surface area contributed by atoms with Crippen LogP contribution in [0.5, 0.6) is 0 Å². The number of rotatable bonds is 0. The van der Waals surface area contributed by atoms with Gasteiger partial charge >= 0.3 is 0 Å². The molecule has 3 heteroatoms. The van der Waals surface area contributed by atoms with Crippen LogP contribution in [0.4, 0.5) is 0 Å². The van der Waals surface area contributed by atoms with Crippen LogP contribution in [0.25, 0.3) is 5.65 Å². The summed E-state index contributed by atoms with van der Waals surface area (Å²) in [6, 6.07) is 3.92. The minimum absolute atomic E-state index is 0.919. The van der Waals surface area contributed by atoms with Gasteiger partial charge in [-0.1, -0.05) is 0 Å². The Labute approximate surface area is 64.7 Å². The standard InChI is InChI=1S/C8H9N3/c1-6-5-7(2)11-8(10-6)3-4-9-11/h3-5H,1-2H3. The normalized spacial score (nSPS) is 10.7. The molecule has 0 saturated carbocycles. The lowest BCUT2D eigenvalue weighted by molar-refractivity contribution is 0.886. The molecule has 0 aliphatic heterocycles. The van der Waals surface area contributed by atoms with Gasteiger partial charge in [-0.2, -0.15) is 5.10 Å². The van der Waals surface area contributed by atoms with E-state index >= 15 is 0 Å². The average molecular weight is 147 g/mol. The molecule has 0 saturated heterocycles. The Bertz CT molecular complexity index is 389. The summed E-state index contributed by atoms with van der Waals surface area (Å²) in [6.45, 7) is 4.01. The first-order valence-electron chi connectivity index (χ1n) is 3.55.